The molecule has 0 aliphatic heterocycles. The second-order valence-electron chi connectivity index (χ2n) is 3.24. The molecule has 0 aromatic heterocycles. The summed E-state index contributed by atoms with van der Waals surface area (Å²) in [5, 5.41) is 1.69. The van der Waals surface area contributed by atoms with E-state index in [0.29, 0.717) is 0 Å². The highest BCUT2D eigenvalue weighted by Gasteiger charge is 2.27. The average molecular weight is 246 g/mol. The fourth-order valence-corrected chi connectivity index (χ4v) is 1.10. The summed E-state index contributed by atoms with van der Waals surface area (Å²) < 4.78 is 35.6. The van der Waals surface area contributed by atoms with Crippen molar-refractivity contribution in [1.29, 1.82) is 0 Å². The van der Waals surface area contributed by atoms with Crippen molar-refractivity contribution in [2.24, 2.45) is 5.73 Å². The van der Waals surface area contributed by atoms with Crippen LogP contribution < -0.4 is 11.1 Å². The number of alkyl halides is 3. The third-order valence-electron chi connectivity index (χ3n) is 1.86. The largest absolute Gasteiger partial charge is 0.405 e. The summed E-state index contributed by atoms with van der Waals surface area (Å²) in [6, 6.07) is 5.15. The molecule has 0 saturated heterocycles. The van der Waals surface area contributed by atoms with Crippen molar-refractivity contribution in [3.8, 4) is 0 Å². The van der Waals surface area contributed by atoms with Gasteiger partial charge in [0.25, 0.3) is 5.91 Å². The SMILES string of the molecule is NC(=O)c1cccc(C(=O)NCC(F)(F)F)c1. The van der Waals surface area contributed by atoms with E-state index in [1.54, 1.807) is 5.32 Å². The number of nitrogens with two attached hydrogens (primary N) is 1. The summed E-state index contributed by atoms with van der Waals surface area (Å²) in [4.78, 5) is 22.1. The van der Waals surface area contributed by atoms with Gasteiger partial charge in [-0.15, -0.1) is 0 Å². The Kier molecular flexibility index (Phi) is 3.72. The van der Waals surface area contributed by atoms with Gasteiger partial charge in [-0.1, -0.05) is 6.07 Å². The van der Waals surface area contributed by atoms with Gasteiger partial charge < -0.3 is 11.1 Å². The van der Waals surface area contributed by atoms with Gasteiger partial charge in [0.15, 0.2) is 0 Å². The van der Waals surface area contributed by atoms with Crippen LogP contribution in [0.25, 0.3) is 0 Å². The summed E-state index contributed by atoms with van der Waals surface area (Å²) in [6.45, 7) is -1.42. The normalized spacial score (nSPS) is 11.0. The minimum Gasteiger partial charge on any atom is -0.366 e. The van der Waals surface area contributed by atoms with Crippen molar-refractivity contribution in [2.75, 3.05) is 6.54 Å². The van der Waals surface area contributed by atoms with Gasteiger partial charge in [-0.25, -0.2) is 0 Å². The zero-order valence-corrected chi connectivity index (χ0v) is 8.54. The van der Waals surface area contributed by atoms with E-state index in [2.05, 4.69) is 0 Å². The number of hydrogen-bond acceptors (Lipinski definition) is 2. The first kappa shape index (κ1) is 13.0. The molecule has 0 saturated carbocycles. The standard InChI is InChI=1S/C10H9F3N2O2/c11-10(12,13)5-15-9(17)7-3-1-2-6(4-7)8(14)16/h1-4H,5H2,(H2,14,16)(H,15,17). The number of carbonyl (C=O) groups is 2. The van der Waals surface area contributed by atoms with Gasteiger partial charge in [0, 0.05) is 11.1 Å². The zero-order chi connectivity index (χ0) is 13.1. The second-order valence-corrected chi connectivity index (χ2v) is 3.24. The van der Waals surface area contributed by atoms with Crippen LogP contribution in [0.15, 0.2) is 24.3 Å². The number of halogens is 3. The van der Waals surface area contributed by atoms with Crippen molar-refractivity contribution in [1.82, 2.24) is 5.32 Å². The number of carbonyl (C=O) groups excluding carboxylic acids is 2. The minimum absolute atomic E-state index is 0.0504. The summed E-state index contributed by atoms with van der Waals surface area (Å²) in [5.74, 6) is -1.67. The van der Waals surface area contributed by atoms with Gasteiger partial charge in [0.05, 0.1) is 0 Å². The lowest BCUT2D eigenvalue weighted by molar-refractivity contribution is -0.123. The van der Waals surface area contributed by atoms with Crippen LogP contribution in [0.2, 0.25) is 0 Å². The van der Waals surface area contributed by atoms with Crippen molar-refractivity contribution >= 4 is 11.8 Å². The van der Waals surface area contributed by atoms with E-state index in [-0.39, 0.29) is 11.1 Å². The summed E-state index contributed by atoms with van der Waals surface area (Å²) >= 11 is 0. The number of rotatable bonds is 3. The van der Waals surface area contributed by atoms with Crippen LogP contribution in [0.3, 0.4) is 0 Å². The molecule has 0 aliphatic carbocycles. The molecular formula is C10H9F3N2O2. The molecule has 0 unspecified atom stereocenters. The Hall–Kier alpha value is -2.05. The smallest absolute Gasteiger partial charge is 0.366 e. The maximum Gasteiger partial charge on any atom is 0.405 e. The second kappa shape index (κ2) is 4.86. The van der Waals surface area contributed by atoms with Crippen LogP contribution in [0.4, 0.5) is 13.2 Å². The molecule has 0 atom stereocenters. The Labute approximate surface area is 94.6 Å². The number of primary amides is 1. The Bertz CT molecular complexity index is 443. The van der Waals surface area contributed by atoms with Crippen LogP contribution >= 0.6 is 0 Å². The average Bonchev–Trinajstić information content (AvgIpc) is 2.25. The molecule has 1 rings (SSSR count). The number of amides is 2. The fraction of sp³-hybridized carbons (Fsp3) is 0.200. The Morgan fingerprint density at radius 2 is 1.82 bits per heavy atom. The van der Waals surface area contributed by atoms with Crippen LogP contribution in [0.5, 0.6) is 0 Å². The van der Waals surface area contributed by atoms with Crippen molar-refractivity contribution in [3.05, 3.63) is 35.4 Å². The Balaban J connectivity index is 2.76. The van der Waals surface area contributed by atoms with Gasteiger partial charge in [-0.05, 0) is 18.2 Å². The summed E-state index contributed by atoms with van der Waals surface area (Å²) in [6.07, 6.45) is -4.48. The first-order valence-corrected chi connectivity index (χ1v) is 4.54. The predicted molar refractivity (Wildman–Crippen MR) is 53.3 cm³/mol. The lowest BCUT2D eigenvalue weighted by atomic mass is 10.1. The minimum atomic E-state index is -4.48. The third kappa shape index (κ3) is 4.13. The molecule has 2 amide bonds. The first-order valence-electron chi connectivity index (χ1n) is 4.54. The van der Waals surface area contributed by atoms with Gasteiger partial charge in [0.1, 0.15) is 6.54 Å². The van der Waals surface area contributed by atoms with Crippen molar-refractivity contribution < 1.29 is 22.8 Å². The van der Waals surface area contributed by atoms with E-state index in [1.807, 2.05) is 0 Å². The van der Waals surface area contributed by atoms with Gasteiger partial charge >= 0.3 is 6.18 Å². The molecule has 1 aromatic rings. The quantitative estimate of drug-likeness (QED) is 0.837. The van der Waals surface area contributed by atoms with Crippen molar-refractivity contribution in [3.63, 3.8) is 0 Å². The lowest BCUT2D eigenvalue weighted by Gasteiger charge is -2.08. The Morgan fingerprint density at radius 1 is 1.24 bits per heavy atom. The zero-order valence-electron chi connectivity index (χ0n) is 8.54. The van der Waals surface area contributed by atoms with Crippen LogP contribution in [-0.4, -0.2) is 24.5 Å². The molecule has 3 N–H and O–H groups in total. The molecule has 0 aliphatic rings. The molecule has 0 fully saturated rings. The monoisotopic (exact) mass is 246 g/mol. The number of hydrogen-bond donors (Lipinski definition) is 2. The van der Waals surface area contributed by atoms with E-state index in [9.17, 15) is 22.8 Å². The highest BCUT2D eigenvalue weighted by molar-refractivity contribution is 5.99. The number of benzene rings is 1. The topological polar surface area (TPSA) is 72.2 Å². The third-order valence-corrected chi connectivity index (χ3v) is 1.86. The molecule has 92 valence electrons. The van der Waals surface area contributed by atoms with E-state index >= 15 is 0 Å². The molecule has 0 spiro atoms. The molecule has 17 heavy (non-hydrogen) atoms. The first-order chi connectivity index (χ1) is 7.79. The molecule has 7 heteroatoms. The summed E-state index contributed by atoms with van der Waals surface area (Å²) in [5.41, 5.74) is 4.98. The van der Waals surface area contributed by atoms with Gasteiger partial charge in [-0.2, -0.15) is 13.2 Å². The molecule has 0 radical (unpaired) electrons. The highest BCUT2D eigenvalue weighted by atomic mass is 19.4. The van der Waals surface area contributed by atoms with Gasteiger partial charge in [0.2, 0.25) is 5.91 Å². The fourth-order valence-electron chi connectivity index (χ4n) is 1.10. The van der Waals surface area contributed by atoms with Crippen LogP contribution in [0, 0.1) is 0 Å². The highest BCUT2D eigenvalue weighted by Crippen LogP contribution is 2.13. The maximum absolute atomic E-state index is 11.9. The van der Waals surface area contributed by atoms with Crippen LogP contribution in [-0.2, 0) is 0 Å². The summed E-state index contributed by atoms with van der Waals surface area (Å²) in [7, 11) is 0. The lowest BCUT2D eigenvalue weighted by Crippen LogP contribution is -2.33. The number of nitrogens with one attached hydrogen (secondary N) is 1. The van der Waals surface area contributed by atoms with Crippen molar-refractivity contribution in [2.45, 2.75) is 6.18 Å². The Morgan fingerprint density at radius 3 is 2.35 bits per heavy atom. The molecule has 4 nitrogen and oxygen atoms in total. The molecule has 0 heterocycles. The van der Waals surface area contributed by atoms with Crippen LogP contribution in [0.1, 0.15) is 20.7 Å². The van der Waals surface area contributed by atoms with E-state index in [0.717, 1.165) is 6.07 Å². The molecule has 1 aromatic carbocycles. The predicted octanol–water partition coefficient (Wildman–Crippen LogP) is 1.08. The van der Waals surface area contributed by atoms with Gasteiger partial charge in [-0.3, -0.25) is 9.59 Å². The van der Waals surface area contributed by atoms with E-state index < -0.39 is 24.5 Å². The molecular weight excluding hydrogens is 237 g/mol. The molecule has 0 bridgehead atoms. The van der Waals surface area contributed by atoms with E-state index in [4.69, 9.17) is 5.73 Å². The van der Waals surface area contributed by atoms with E-state index in [1.165, 1.54) is 18.2 Å². The maximum atomic E-state index is 11.9.